The lowest BCUT2D eigenvalue weighted by atomic mass is 10.00. The fraction of sp³-hybridized carbons (Fsp3) is 0.724. The number of ketones is 1. The van der Waals surface area contributed by atoms with Crippen LogP contribution < -0.4 is 0 Å². The van der Waals surface area contributed by atoms with Gasteiger partial charge in [-0.25, -0.2) is 4.79 Å². The first-order valence-electron chi connectivity index (χ1n) is 13.8. The summed E-state index contributed by atoms with van der Waals surface area (Å²) < 4.78 is 33.0. The van der Waals surface area contributed by atoms with Gasteiger partial charge in [-0.2, -0.15) is 0 Å². The fourth-order valence-electron chi connectivity index (χ4n) is 3.52. The quantitative estimate of drug-likeness (QED) is 0.0801. The van der Waals surface area contributed by atoms with Crippen molar-refractivity contribution in [1.29, 1.82) is 0 Å². The second-order valence-corrected chi connectivity index (χ2v) is 9.49. The van der Waals surface area contributed by atoms with Crippen LogP contribution in [-0.4, -0.2) is 93.3 Å². The molecule has 10 heteroatoms. The number of rotatable bonds is 25. The molecule has 1 aromatic carbocycles. The van der Waals surface area contributed by atoms with Crippen LogP contribution in [0.15, 0.2) is 30.3 Å². The zero-order chi connectivity index (χ0) is 28.8. The lowest BCUT2D eigenvalue weighted by Gasteiger charge is -2.34. The van der Waals surface area contributed by atoms with Gasteiger partial charge < -0.3 is 38.6 Å². The molecule has 0 aliphatic heterocycles. The van der Waals surface area contributed by atoms with Gasteiger partial charge in [0.2, 0.25) is 6.10 Å². The summed E-state index contributed by atoms with van der Waals surface area (Å²) in [5.74, 6) is -1.44. The molecule has 0 fully saturated rings. The molecule has 0 saturated carbocycles. The van der Waals surface area contributed by atoms with Gasteiger partial charge in [-0.1, -0.05) is 57.0 Å². The van der Waals surface area contributed by atoms with Gasteiger partial charge >= 0.3 is 5.97 Å². The van der Waals surface area contributed by atoms with Gasteiger partial charge in [-0.15, -0.1) is 0 Å². The second-order valence-electron chi connectivity index (χ2n) is 9.49. The molecule has 0 spiro atoms. The van der Waals surface area contributed by atoms with E-state index in [9.17, 15) is 19.8 Å². The van der Waals surface area contributed by atoms with Crippen molar-refractivity contribution in [3.05, 3.63) is 35.9 Å². The van der Waals surface area contributed by atoms with Crippen molar-refractivity contribution in [1.82, 2.24) is 0 Å². The Morgan fingerprint density at radius 2 is 1.67 bits per heavy atom. The third kappa shape index (κ3) is 15.4. The molecular weight excluding hydrogens is 508 g/mol. The largest absolute Gasteiger partial charge is 0.459 e. The van der Waals surface area contributed by atoms with E-state index in [0.717, 1.165) is 31.2 Å². The van der Waals surface area contributed by atoms with Crippen molar-refractivity contribution in [3.63, 3.8) is 0 Å². The number of unbranched alkanes of at least 4 members (excludes halogenated alkanes) is 2. The number of methoxy groups -OCH3 is 1. The predicted molar refractivity (Wildman–Crippen MR) is 145 cm³/mol. The summed E-state index contributed by atoms with van der Waals surface area (Å²) in [4.78, 5) is 26.4. The monoisotopic (exact) mass is 556 g/mol. The minimum atomic E-state index is -1.62. The van der Waals surface area contributed by atoms with E-state index in [4.69, 9.17) is 28.4 Å². The first-order chi connectivity index (χ1) is 18.9. The summed E-state index contributed by atoms with van der Waals surface area (Å²) in [6.07, 6.45) is 1.19. The number of hydrogen-bond acceptors (Lipinski definition) is 10. The summed E-state index contributed by atoms with van der Waals surface area (Å²) in [5.41, 5.74) is -0.642. The highest BCUT2D eigenvalue weighted by atomic mass is 16.7. The van der Waals surface area contributed by atoms with Gasteiger partial charge in [0.15, 0.2) is 5.78 Å². The molecule has 0 bridgehead atoms. The minimum Gasteiger partial charge on any atom is -0.459 e. The van der Waals surface area contributed by atoms with Gasteiger partial charge in [0.1, 0.15) is 19.0 Å². The second kappa shape index (κ2) is 21.8. The molecule has 2 N–H and O–H groups in total. The van der Waals surface area contributed by atoms with Crippen LogP contribution in [0.3, 0.4) is 0 Å². The molecule has 0 aliphatic rings. The molecule has 0 saturated heterocycles. The van der Waals surface area contributed by atoms with E-state index < -0.39 is 36.2 Å². The molecule has 2 unspecified atom stereocenters. The van der Waals surface area contributed by atoms with Crippen molar-refractivity contribution in [2.24, 2.45) is 0 Å². The Bertz CT molecular complexity index is 746. The third-order valence-corrected chi connectivity index (χ3v) is 5.97. The lowest BCUT2D eigenvalue weighted by Crippen LogP contribution is -2.50. The average molecular weight is 557 g/mol. The molecular formula is C29H48O10. The lowest BCUT2D eigenvalue weighted by molar-refractivity contribution is -0.194. The Morgan fingerprint density at radius 1 is 0.974 bits per heavy atom. The van der Waals surface area contributed by atoms with Crippen LogP contribution in [0.25, 0.3) is 0 Å². The average Bonchev–Trinajstić information content (AvgIpc) is 2.96. The SMILES string of the molecule is CCCCOC[C@H](O)CCC(=O)C(OC(CO)(CCOCOC)COCCCC)C(=O)OCc1ccccc1. The Balaban J connectivity index is 3.00. The number of aliphatic hydroxyl groups excluding tert-OH is 2. The van der Waals surface area contributed by atoms with Gasteiger partial charge in [0.05, 0.1) is 32.5 Å². The number of carbonyl (C=O) groups is 2. The highest BCUT2D eigenvalue weighted by Gasteiger charge is 2.40. The molecule has 0 amide bonds. The maximum Gasteiger partial charge on any atom is 0.343 e. The smallest absolute Gasteiger partial charge is 0.343 e. The van der Waals surface area contributed by atoms with Crippen molar-refractivity contribution in [3.8, 4) is 0 Å². The van der Waals surface area contributed by atoms with Gasteiger partial charge in [-0.05, 0) is 24.8 Å². The maximum absolute atomic E-state index is 13.3. The molecule has 0 radical (unpaired) electrons. The summed E-state index contributed by atoms with van der Waals surface area (Å²) in [6, 6.07) is 9.07. The van der Waals surface area contributed by atoms with Crippen LogP contribution in [0, 0.1) is 0 Å². The van der Waals surface area contributed by atoms with Crippen LogP contribution >= 0.6 is 0 Å². The molecule has 1 aromatic rings. The zero-order valence-electron chi connectivity index (χ0n) is 23.8. The molecule has 224 valence electrons. The highest BCUT2D eigenvalue weighted by Crippen LogP contribution is 2.22. The molecule has 0 heterocycles. The van der Waals surface area contributed by atoms with E-state index in [1.54, 1.807) is 12.1 Å². The Hall–Kier alpha value is -1.92. The van der Waals surface area contributed by atoms with Crippen LogP contribution in [0.5, 0.6) is 0 Å². The first kappa shape index (κ1) is 35.1. The predicted octanol–water partition coefficient (Wildman–Crippen LogP) is 3.20. The van der Waals surface area contributed by atoms with Crippen molar-refractivity contribution in [2.75, 3.05) is 53.5 Å². The summed E-state index contributed by atoms with van der Waals surface area (Å²) in [5, 5.41) is 20.6. The molecule has 39 heavy (non-hydrogen) atoms. The van der Waals surface area contributed by atoms with Crippen LogP contribution in [-0.2, 0) is 44.6 Å². The van der Waals surface area contributed by atoms with Crippen LogP contribution in [0.2, 0.25) is 0 Å². The third-order valence-electron chi connectivity index (χ3n) is 5.97. The molecule has 0 aliphatic carbocycles. The van der Waals surface area contributed by atoms with E-state index in [0.29, 0.717) is 13.2 Å². The minimum absolute atomic E-state index is 0.0396. The number of benzene rings is 1. The Kier molecular flexibility index (Phi) is 19.7. The molecule has 10 nitrogen and oxygen atoms in total. The van der Waals surface area contributed by atoms with Crippen molar-refractivity contribution >= 4 is 11.8 Å². The zero-order valence-corrected chi connectivity index (χ0v) is 23.8. The molecule has 1 rings (SSSR count). The summed E-state index contributed by atoms with van der Waals surface area (Å²) in [7, 11) is 1.49. The number of ether oxygens (including phenoxy) is 6. The van der Waals surface area contributed by atoms with Crippen LogP contribution in [0.4, 0.5) is 0 Å². The first-order valence-corrected chi connectivity index (χ1v) is 13.8. The van der Waals surface area contributed by atoms with Gasteiger partial charge in [0, 0.05) is 33.2 Å². The number of hydrogen-bond donors (Lipinski definition) is 2. The van der Waals surface area contributed by atoms with E-state index >= 15 is 0 Å². The van der Waals surface area contributed by atoms with E-state index in [-0.39, 0.29) is 52.5 Å². The maximum atomic E-state index is 13.3. The number of aliphatic hydroxyl groups is 2. The topological polar surface area (TPSA) is 130 Å². The molecule has 0 aromatic heterocycles. The Labute approximate surface area is 232 Å². The van der Waals surface area contributed by atoms with E-state index in [2.05, 4.69) is 0 Å². The van der Waals surface area contributed by atoms with Crippen LogP contribution in [0.1, 0.15) is 64.4 Å². The molecule has 3 atom stereocenters. The standard InChI is InChI=1S/C29H48O10/c1-4-6-16-35-20-25(31)13-14-26(32)27(28(33)38-19-24-11-9-8-10-12-24)39-29(21-30,15-18-37-23-34-3)22-36-17-7-5-2/h8-12,25,27,30-31H,4-7,13-23H2,1-3H3/t25-,27?,29?/m1/s1. The number of carbonyl (C=O) groups excluding carboxylic acids is 2. The van der Waals surface area contributed by atoms with E-state index in [1.807, 2.05) is 32.0 Å². The fourth-order valence-corrected chi connectivity index (χ4v) is 3.52. The van der Waals surface area contributed by atoms with E-state index in [1.165, 1.54) is 7.11 Å². The number of Topliss-reactive ketones (excluding diaryl/α,β-unsaturated/α-hetero) is 1. The van der Waals surface area contributed by atoms with Gasteiger partial charge in [0.25, 0.3) is 0 Å². The van der Waals surface area contributed by atoms with Gasteiger partial charge in [-0.3, -0.25) is 4.79 Å². The summed E-state index contributed by atoms with van der Waals surface area (Å²) >= 11 is 0. The van der Waals surface area contributed by atoms with Crippen molar-refractivity contribution in [2.45, 2.75) is 83.2 Å². The Morgan fingerprint density at radius 3 is 2.31 bits per heavy atom. The van der Waals surface area contributed by atoms with Crippen molar-refractivity contribution < 1.29 is 48.2 Å². The normalized spacial score (nSPS) is 14.5. The summed E-state index contributed by atoms with van der Waals surface area (Å²) in [6.45, 7) is 4.69. The number of esters is 1. The highest BCUT2D eigenvalue weighted by molar-refractivity contribution is 6.02.